The van der Waals surface area contributed by atoms with Crippen LogP contribution in [0, 0.1) is 12.7 Å². The minimum atomic E-state index is -0.775. The van der Waals surface area contributed by atoms with Gasteiger partial charge in [0.2, 0.25) is 0 Å². The standard InChI is InChI=1S/C18H16ClFN2O4/c1-11-8-13(19)4-7-15(11)22-16(23)10-26-17(24)9-21-18(25)12-2-5-14(20)6-3-12/h2-8H,9-10H2,1H3,(H,21,25)(H,22,23). The summed E-state index contributed by atoms with van der Waals surface area (Å²) < 4.78 is 17.6. The fraction of sp³-hybridized carbons (Fsp3) is 0.167. The van der Waals surface area contributed by atoms with Gasteiger partial charge >= 0.3 is 5.97 Å². The lowest BCUT2D eigenvalue weighted by Crippen LogP contribution is -2.32. The molecule has 2 aromatic carbocycles. The van der Waals surface area contributed by atoms with Crippen LogP contribution in [0.1, 0.15) is 15.9 Å². The largest absolute Gasteiger partial charge is 0.454 e. The van der Waals surface area contributed by atoms with Crippen LogP contribution in [0.5, 0.6) is 0 Å². The Kier molecular flexibility index (Phi) is 6.68. The van der Waals surface area contributed by atoms with Gasteiger partial charge in [0.15, 0.2) is 6.61 Å². The number of nitrogens with one attached hydrogen (secondary N) is 2. The van der Waals surface area contributed by atoms with Gasteiger partial charge in [-0.2, -0.15) is 0 Å². The summed E-state index contributed by atoms with van der Waals surface area (Å²) >= 11 is 5.83. The zero-order valence-electron chi connectivity index (χ0n) is 13.8. The zero-order valence-corrected chi connectivity index (χ0v) is 14.6. The maximum absolute atomic E-state index is 12.8. The summed E-state index contributed by atoms with van der Waals surface area (Å²) in [6.07, 6.45) is 0. The molecule has 6 nitrogen and oxygen atoms in total. The average Bonchev–Trinajstić information content (AvgIpc) is 2.61. The van der Waals surface area contributed by atoms with Crippen LogP contribution in [0.25, 0.3) is 0 Å². The molecule has 0 aliphatic rings. The topological polar surface area (TPSA) is 84.5 Å². The minimum absolute atomic E-state index is 0.204. The summed E-state index contributed by atoms with van der Waals surface area (Å²) in [5.41, 5.74) is 1.53. The van der Waals surface area contributed by atoms with E-state index in [1.165, 1.54) is 12.1 Å². The Hall–Kier alpha value is -2.93. The van der Waals surface area contributed by atoms with Gasteiger partial charge < -0.3 is 15.4 Å². The van der Waals surface area contributed by atoms with Crippen molar-refractivity contribution in [2.24, 2.45) is 0 Å². The number of amides is 2. The Morgan fingerprint density at radius 1 is 1.12 bits per heavy atom. The Morgan fingerprint density at radius 2 is 1.81 bits per heavy atom. The molecule has 0 saturated carbocycles. The predicted molar refractivity (Wildman–Crippen MR) is 94.5 cm³/mol. The molecule has 0 saturated heterocycles. The van der Waals surface area contributed by atoms with Gasteiger partial charge in [0.05, 0.1) is 0 Å². The quantitative estimate of drug-likeness (QED) is 0.757. The van der Waals surface area contributed by atoms with Crippen LogP contribution in [-0.2, 0) is 14.3 Å². The molecule has 0 unspecified atom stereocenters. The predicted octanol–water partition coefficient (Wildman–Crippen LogP) is 2.70. The third kappa shape index (κ3) is 5.86. The number of anilines is 1. The van der Waals surface area contributed by atoms with E-state index < -0.39 is 36.8 Å². The van der Waals surface area contributed by atoms with Gasteiger partial charge in [-0.3, -0.25) is 14.4 Å². The fourth-order valence-electron chi connectivity index (χ4n) is 2.01. The van der Waals surface area contributed by atoms with Gasteiger partial charge in [-0.05, 0) is 55.0 Å². The van der Waals surface area contributed by atoms with E-state index >= 15 is 0 Å². The van der Waals surface area contributed by atoms with Gasteiger partial charge in [-0.1, -0.05) is 11.6 Å². The van der Waals surface area contributed by atoms with Crippen molar-refractivity contribution in [1.29, 1.82) is 0 Å². The van der Waals surface area contributed by atoms with E-state index in [1.807, 2.05) is 0 Å². The number of esters is 1. The van der Waals surface area contributed by atoms with Gasteiger partial charge in [-0.25, -0.2) is 4.39 Å². The van der Waals surface area contributed by atoms with E-state index in [1.54, 1.807) is 25.1 Å². The van der Waals surface area contributed by atoms with Crippen molar-refractivity contribution in [1.82, 2.24) is 5.32 Å². The Bertz CT molecular complexity index is 824. The molecule has 8 heteroatoms. The number of hydrogen-bond acceptors (Lipinski definition) is 4. The molecule has 0 radical (unpaired) electrons. The second-order valence-corrected chi connectivity index (χ2v) is 5.79. The number of hydrogen-bond donors (Lipinski definition) is 2. The van der Waals surface area contributed by atoms with E-state index in [0.29, 0.717) is 10.7 Å². The van der Waals surface area contributed by atoms with Gasteiger partial charge in [0.25, 0.3) is 11.8 Å². The lowest BCUT2D eigenvalue weighted by molar-refractivity contribution is -0.146. The molecule has 0 atom stereocenters. The van der Waals surface area contributed by atoms with Crippen molar-refractivity contribution >= 4 is 35.1 Å². The number of carbonyl (C=O) groups excluding carboxylic acids is 3. The van der Waals surface area contributed by atoms with Crippen molar-refractivity contribution < 1.29 is 23.5 Å². The first kappa shape index (κ1) is 19.4. The first-order chi connectivity index (χ1) is 12.3. The SMILES string of the molecule is Cc1cc(Cl)ccc1NC(=O)COC(=O)CNC(=O)c1ccc(F)cc1. The normalized spacial score (nSPS) is 10.1. The first-order valence-electron chi connectivity index (χ1n) is 7.60. The van der Waals surface area contributed by atoms with Crippen LogP contribution in [-0.4, -0.2) is 30.9 Å². The molecule has 2 aromatic rings. The van der Waals surface area contributed by atoms with Crippen molar-refractivity contribution in [3.63, 3.8) is 0 Å². The Balaban J connectivity index is 1.74. The van der Waals surface area contributed by atoms with E-state index in [-0.39, 0.29) is 5.56 Å². The highest BCUT2D eigenvalue weighted by Gasteiger charge is 2.11. The lowest BCUT2D eigenvalue weighted by Gasteiger charge is -2.09. The van der Waals surface area contributed by atoms with Gasteiger partial charge in [-0.15, -0.1) is 0 Å². The third-order valence-electron chi connectivity index (χ3n) is 3.33. The van der Waals surface area contributed by atoms with E-state index in [2.05, 4.69) is 10.6 Å². The van der Waals surface area contributed by atoms with E-state index in [0.717, 1.165) is 17.7 Å². The van der Waals surface area contributed by atoms with Crippen LogP contribution in [0.2, 0.25) is 5.02 Å². The third-order valence-corrected chi connectivity index (χ3v) is 3.56. The van der Waals surface area contributed by atoms with E-state index in [4.69, 9.17) is 16.3 Å². The van der Waals surface area contributed by atoms with Crippen LogP contribution >= 0.6 is 11.6 Å². The highest BCUT2D eigenvalue weighted by Crippen LogP contribution is 2.19. The second kappa shape index (κ2) is 8.96. The van der Waals surface area contributed by atoms with Crippen molar-refractivity contribution in [2.45, 2.75) is 6.92 Å². The first-order valence-corrected chi connectivity index (χ1v) is 7.98. The lowest BCUT2D eigenvalue weighted by atomic mass is 10.2. The molecule has 2 N–H and O–H groups in total. The molecular formula is C18H16ClFN2O4. The monoisotopic (exact) mass is 378 g/mol. The highest BCUT2D eigenvalue weighted by molar-refractivity contribution is 6.30. The summed E-state index contributed by atoms with van der Waals surface area (Å²) in [4.78, 5) is 35.2. The second-order valence-electron chi connectivity index (χ2n) is 5.36. The van der Waals surface area contributed by atoms with Gasteiger partial charge in [0.1, 0.15) is 12.4 Å². The van der Waals surface area contributed by atoms with Crippen LogP contribution in [0.4, 0.5) is 10.1 Å². The summed E-state index contributed by atoms with van der Waals surface area (Å²) in [5, 5.41) is 5.46. The fourth-order valence-corrected chi connectivity index (χ4v) is 2.23. The molecule has 0 aromatic heterocycles. The molecule has 2 rings (SSSR count). The number of aryl methyl sites for hydroxylation is 1. The molecule has 0 spiro atoms. The highest BCUT2D eigenvalue weighted by atomic mass is 35.5. The zero-order chi connectivity index (χ0) is 19.1. The summed E-state index contributed by atoms with van der Waals surface area (Å²) in [6.45, 7) is 0.870. The maximum atomic E-state index is 12.8. The van der Waals surface area contributed by atoms with Crippen LogP contribution < -0.4 is 10.6 Å². The number of ether oxygens (including phenoxy) is 1. The number of benzene rings is 2. The van der Waals surface area contributed by atoms with E-state index in [9.17, 15) is 18.8 Å². The summed E-state index contributed by atoms with van der Waals surface area (Å²) in [5.74, 6) is -2.32. The van der Waals surface area contributed by atoms with Crippen LogP contribution in [0.15, 0.2) is 42.5 Å². The Morgan fingerprint density at radius 3 is 2.46 bits per heavy atom. The number of carbonyl (C=O) groups is 3. The molecule has 26 heavy (non-hydrogen) atoms. The minimum Gasteiger partial charge on any atom is -0.454 e. The molecular weight excluding hydrogens is 363 g/mol. The number of rotatable bonds is 6. The molecule has 0 aliphatic carbocycles. The van der Waals surface area contributed by atoms with Gasteiger partial charge in [0, 0.05) is 16.3 Å². The molecule has 0 bridgehead atoms. The molecule has 136 valence electrons. The molecule has 0 heterocycles. The number of halogens is 2. The molecule has 0 fully saturated rings. The Labute approximate surface area is 154 Å². The summed E-state index contributed by atoms with van der Waals surface area (Å²) in [6, 6.07) is 9.80. The van der Waals surface area contributed by atoms with Crippen molar-refractivity contribution in [2.75, 3.05) is 18.5 Å². The molecule has 0 aliphatic heterocycles. The summed E-state index contributed by atoms with van der Waals surface area (Å²) in [7, 11) is 0. The molecule has 2 amide bonds. The smallest absolute Gasteiger partial charge is 0.325 e. The maximum Gasteiger partial charge on any atom is 0.325 e. The average molecular weight is 379 g/mol. The van der Waals surface area contributed by atoms with Crippen LogP contribution in [0.3, 0.4) is 0 Å². The van der Waals surface area contributed by atoms with Crippen molar-refractivity contribution in [3.05, 3.63) is 64.4 Å². The van der Waals surface area contributed by atoms with Crippen molar-refractivity contribution in [3.8, 4) is 0 Å².